The molecule has 0 saturated carbocycles. The molecule has 1 N–H and O–H groups in total. The quantitative estimate of drug-likeness (QED) is 0.522. The van der Waals surface area contributed by atoms with Crippen LogP contribution in [-0.4, -0.2) is 37.3 Å². The Bertz CT molecular complexity index is 1390. The number of benzene rings is 1. The Labute approximate surface area is 181 Å². The second kappa shape index (κ2) is 7.02. The van der Waals surface area contributed by atoms with E-state index in [9.17, 15) is 14.4 Å². The smallest absolute Gasteiger partial charge is 0.292 e. The fourth-order valence-electron chi connectivity index (χ4n) is 3.82. The van der Waals surface area contributed by atoms with Crippen molar-refractivity contribution in [3.05, 3.63) is 65.0 Å². The monoisotopic (exact) mass is 434 g/mol. The molecule has 5 rings (SSSR count). The van der Waals surface area contributed by atoms with E-state index in [1.165, 1.54) is 18.2 Å². The highest BCUT2D eigenvalue weighted by Crippen LogP contribution is 2.36. The first kappa shape index (κ1) is 19.9. The van der Waals surface area contributed by atoms with Crippen LogP contribution < -0.4 is 0 Å². The van der Waals surface area contributed by atoms with E-state index in [1.54, 1.807) is 32.0 Å². The lowest BCUT2D eigenvalue weighted by atomic mass is 9.96. The summed E-state index contributed by atoms with van der Waals surface area (Å²) in [4.78, 5) is 31.4. The Kier molecular flexibility index (Phi) is 4.37. The van der Waals surface area contributed by atoms with Crippen LogP contribution in [0.3, 0.4) is 0 Å². The molecule has 1 atom stereocenters. The Morgan fingerprint density at radius 1 is 1.34 bits per heavy atom. The number of nitriles is 1. The zero-order valence-electron chi connectivity index (χ0n) is 17.6. The van der Waals surface area contributed by atoms with Gasteiger partial charge in [0.25, 0.3) is 5.91 Å². The highest BCUT2D eigenvalue weighted by Gasteiger charge is 2.40. The number of nitrogens with zero attached hydrogens (tertiary/aromatic N) is 5. The topological polar surface area (TPSA) is 125 Å². The van der Waals surface area contributed by atoms with Gasteiger partial charge in [0.1, 0.15) is 16.7 Å². The van der Waals surface area contributed by atoms with Crippen molar-refractivity contribution in [2.45, 2.75) is 38.6 Å². The Morgan fingerprint density at radius 3 is 2.94 bits per heavy atom. The molecule has 0 radical (unpaired) electrons. The number of hydrogen-bond acceptors (Lipinski definition) is 7. The van der Waals surface area contributed by atoms with Gasteiger partial charge >= 0.3 is 0 Å². The summed E-state index contributed by atoms with van der Waals surface area (Å²) in [6.45, 7) is 5.35. The lowest BCUT2D eigenvalue weighted by molar-refractivity contribution is 0.0631. The van der Waals surface area contributed by atoms with Crippen LogP contribution >= 0.6 is 0 Å². The average molecular weight is 434 g/mol. The molecule has 9 nitrogen and oxygen atoms in total. The van der Waals surface area contributed by atoms with E-state index in [-0.39, 0.29) is 17.5 Å². The molecule has 0 fully saturated rings. The van der Waals surface area contributed by atoms with E-state index in [0.717, 1.165) is 5.69 Å². The van der Waals surface area contributed by atoms with Crippen LogP contribution in [0.4, 0.5) is 4.39 Å². The van der Waals surface area contributed by atoms with Crippen LogP contribution in [0, 0.1) is 24.1 Å². The van der Waals surface area contributed by atoms with Crippen LogP contribution in [0.5, 0.6) is 0 Å². The molecule has 1 aromatic carbocycles. The van der Waals surface area contributed by atoms with E-state index in [1.807, 2.05) is 0 Å². The first-order chi connectivity index (χ1) is 15.3. The molecule has 10 heteroatoms. The highest BCUT2D eigenvalue weighted by atomic mass is 19.1. The number of nitrogens with one attached hydrogen (secondary N) is 1. The fourth-order valence-corrected chi connectivity index (χ4v) is 3.82. The third-order valence-corrected chi connectivity index (χ3v) is 5.59. The Morgan fingerprint density at radius 2 is 2.16 bits per heavy atom. The zero-order valence-corrected chi connectivity index (χ0v) is 17.6. The van der Waals surface area contributed by atoms with Gasteiger partial charge in [-0.25, -0.2) is 19.3 Å². The molecule has 1 aliphatic rings. The van der Waals surface area contributed by atoms with Gasteiger partial charge in [0, 0.05) is 24.7 Å². The van der Waals surface area contributed by atoms with Crippen molar-refractivity contribution in [1.82, 2.24) is 24.8 Å². The van der Waals surface area contributed by atoms with Crippen molar-refractivity contribution < 1.29 is 18.0 Å². The second-order valence-corrected chi connectivity index (χ2v) is 8.25. The average Bonchev–Trinajstić information content (AvgIpc) is 3.49. The maximum atomic E-state index is 13.7. The number of rotatable bonds is 3. The van der Waals surface area contributed by atoms with Crippen molar-refractivity contribution >= 4 is 17.0 Å². The van der Waals surface area contributed by atoms with Crippen molar-refractivity contribution in [1.29, 1.82) is 5.26 Å². The summed E-state index contributed by atoms with van der Waals surface area (Å²) in [7, 11) is 0. The summed E-state index contributed by atoms with van der Waals surface area (Å²) >= 11 is 0. The zero-order chi connectivity index (χ0) is 22.6. The molecule has 3 aromatic heterocycles. The van der Waals surface area contributed by atoms with Gasteiger partial charge in [-0.05, 0) is 32.9 Å². The van der Waals surface area contributed by atoms with Crippen LogP contribution in [0.2, 0.25) is 0 Å². The van der Waals surface area contributed by atoms with E-state index in [2.05, 4.69) is 26.0 Å². The largest absolute Gasteiger partial charge is 0.438 e. The number of aryl methyl sites for hydroxylation is 1. The summed E-state index contributed by atoms with van der Waals surface area (Å²) < 4.78 is 25.3. The second-order valence-electron chi connectivity index (χ2n) is 8.25. The number of halogens is 1. The summed E-state index contributed by atoms with van der Waals surface area (Å²) in [6, 6.07) is 5.46. The van der Waals surface area contributed by atoms with Crippen molar-refractivity contribution in [3.8, 4) is 6.07 Å². The van der Waals surface area contributed by atoms with Crippen LogP contribution in [0.1, 0.15) is 59.3 Å². The van der Waals surface area contributed by atoms with E-state index < -0.39 is 23.2 Å². The maximum Gasteiger partial charge on any atom is 0.292 e. The first-order valence-corrected chi connectivity index (χ1v) is 10.1. The molecule has 0 saturated heterocycles. The van der Waals surface area contributed by atoms with Gasteiger partial charge in [-0.3, -0.25) is 4.79 Å². The third-order valence-electron chi connectivity index (χ3n) is 5.59. The number of imidazole rings is 1. The predicted octanol–water partition coefficient (Wildman–Crippen LogP) is 3.58. The van der Waals surface area contributed by atoms with Gasteiger partial charge in [0.15, 0.2) is 11.6 Å². The predicted molar refractivity (Wildman–Crippen MR) is 109 cm³/mol. The van der Waals surface area contributed by atoms with Gasteiger partial charge in [-0.2, -0.15) is 5.26 Å². The highest BCUT2D eigenvalue weighted by molar-refractivity contribution is 5.93. The molecule has 4 heterocycles. The van der Waals surface area contributed by atoms with Crippen LogP contribution in [-0.2, 0) is 11.8 Å². The minimum absolute atomic E-state index is 0.0504. The lowest BCUT2D eigenvalue weighted by Gasteiger charge is -2.32. The molecule has 0 unspecified atom stereocenters. The molecular formula is C22H19FN6O3. The fraction of sp³-hybridized carbons (Fsp3) is 0.318. The molecule has 0 spiro atoms. The number of H-pyrrole nitrogens is 1. The van der Waals surface area contributed by atoms with Gasteiger partial charge in [-0.1, -0.05) is 0 Å². The molecule has 1 aliphatic heterocycles. The van der Waals surface area contributed by atoms with Gasteiger partial charge in [0.2, 0.25) is 17.5 Å². The van der Waals surface area contributed by atoms with Crippen LogP contribution in [0.15, 0.2) is 33.4 Å². The summed E-state index contributed by atoms with van der Waals surface area (Å²) in [5, 5.41) is 9.40. The number of hydrogen-bond donors (Lipinski definition) is 1. The molecule has 0 bridgehead atoms. The number of amides is 1. The molecule has 0 aliphatic carbocycles. The first-order valence-electron chi connectivity index (χ1n) is 10.1. The summed E-state index contributed by atoms with van der Waals surface area (Å²) in [5.74, 6) is -0.398. The normalized spacial score (nSPS) is 16.2. The van der Waals surface area contributed by atoms with Gasteiger partial charge in [0.05, 0.1) is 23.8 Å². The standard InChI is InChI=1S/C22H19FN6O3/c1-11-18(32-21(27-11)22(2,3)9-24)20(30)29-7-6-13-16(26-10-25-13)17(29)19-28-14-8-12(23)4-5-15(14)31-19/h4-5,8,10,17H,6-7H2,1-3H3,(H,25,26)/t17-/m0/s1. The molecule has 1 amide bonds. The minimum atomic E-state index is -0.982. The SMILES string of the molecule is Cc1nc(C(C)(C)C#N)oc1C(=O)N1CCc2[nH]cnc2[C@H]1c1nc2cc(F)ccc2o1. The Balaban J connectivity index is 1.60. The number of oxazole rings is 2. The minimum Gasteiger partial charge on any atom is -0.438 e. The number of carbonyl (C=O) groups excluding carboxylic acids is 1. The maximum absolute atomic E-state index is 13.7. The molecule has 4 aromatic rings. The molecule has 162 valence electrons. The molecular weight excluding hydrogens is 415 g/mol. The summed E-state index contributed by atoms with van der Waals surface area (Å²) in [6.07, 6.45) is 2.11. The van der Waals surface area contributed by atoms with Crippen LogP contribution in [0.25, 0.3) is 11.1 Å². The molecule has 32 heavy (non-hydrogen) atoms. The number of carbonyl (C=O) groups is 1. The van der Waals surface area contributed by atoms with Crippen molar-refractivity contribution in [2.24, 2.45) is 0 Å². The van der Waals surface area contributed by atoms with Crippen molar-refractivity contribution in [2.75, 3.05) is 6.54 Å². The van der Waals surface area contributed by atoms with Gasteiger partial charge in [-0.15, -0.1) is 0 Å². The number of fused-ring (bicyclic) bond motifs is 2. The number of aromatic nitrogens is 4. The Hall–Kier alpha value is -4.00. The van der Waals surface area contributed by atoms with E-state index in [4.69, 9.17) is 8.83 Å². The van der Waals surface area contributed by atoms with E-state index >= 15 is 0 Å². The van der Waals surface area contributed by atoms with Crippen molar-refractivity contribution in [3.63, 3.8) is 0 Å². The third kappa shape index (κ3) is 3.05. The summed E-state index contributed by atoms with van der Waals surface area (Å²) in [5.41, 5.74) is 1.64. The number of aromatic amines is 1. The lowest BCUT2D eigenvalue weighted by Crippen LogP contribution is -2.41. The van der Waals surface area contributed by atoms with Gasteiger partial charge < -0.3 is 18.7 Å². The van der Waals surface area contributed by atoms with E-state index in [0.29, 0.717) is 35.5 Å².